The summed E-state index contributed by atoms with van der Waals surface area (Å²) >= 11 is 6.16. The zero-order valence-electron chi connectivity index (χ0n) is 12.4. The molecular weight excluding hydrogens is 272 g/mol. The van der Waals surface area contributed by atoms with Crippen LogP contribution in [0.5, 0.6) is 0 Å². The lowest BCUT2D eigenvalue weighted by atomic mass is 10.2. The molecule has 0 saturated carbocycles. The smallest absolute Gasteiger partial charge is 0.137 e. The maximum absolute atomic E-state index is 6.16. The van der Waals surface area contributed by atoms with Gasteiger partial charge in [-0.15, -0.1) is 0 Å². The number of likely N-dealkylation sites (tertiary alicyclic amines) is 1. The summed E-state index contributed by atoms with van der Waals surface area (Å²) < 4.78 is 0. The van der Waals surface area contributed by atoms with Gasteiger partial charge in [-0.2, -0.15) is 0 Å². The number of hydrogen-bond donors (Lipinski definition) is 1. The summed E-state index contributed by atoms with van der Waals surface area (Å²) in [6.45, 7) is 6.60. The molecule has 5 heteroatoms. The number of nitrogens with zero attached hydrogens (tertiary/aromatic N) is 3. The third-order valence-corrected chi connectivity index (χ3v) is 4.14. The Hall–Kier alpha value is -0.870. The molecule has 0 unspecified atom stereocenters. The molecule has 112 valence electrons. The Morgan fingerprint density at radius 1 is 1.20 bits per heavy atom. The van der Waals surface area contributed by atoms with Crippen molar-refractivity contribution in [3.05, 3.63) is 17.0 Å². The van der Waals surface area contributed by atoms with Crippen LogP contribution >= 0.6 is 11.6 Å². The lowest BCUT2D eigenvalue weighted by Gasteiger charge is -2.20. The fourth-order valence-corrected chi connectivity index (χ4v) is 2.93. The highest BCUT2D eigenvalue weighted by atomic mass is 35.5. The van der Waals surface area contributed by atoms with Crippen LogP contribution in [-0.4, -0.2) is 41.0 Å². The van der Waals surface area contributed by atoms with Gasteiger partial charge < -0.3 is 10.2 Å². The first-order chi connectivity index (χ1) is 9.81. The average molecular weight is 297 g/mol. The zero-order valence-corrected chi connectivity index (χ0v) is 13.1. The van der Waals surface area contributed by atoms with Gasteiger partial charge in [0.1, 0.15) is 17.3 Å². The minimum atomic E-state index is 0.583. The number of hydrogen-bond acceptors (Lipinski definition) is 4. The number of halogens is 1. The van der Waals surface area contributed by atoms with E-state index in [1.807, 2.05) is 0 Å². The van der Waals surface area contributed by atoms with Crippen LogP contribution in [0.4, 0.5) is 5.82 Å². The molecule has 1 saturated heterocycles. The molecule has 0 bridgehead atoms. The van der Waals surface area contributed by atoms with Crippen LogP contribution < -0.4 is 5.32 Å². The summed E-state index contributed by atoms with van der Waals surface area (Å²) in [5, 5.41) is 4.01. The molecule has 1 aromatic heterocycles. The largest absolute Gasteiger partial charge is 0.368 e. The van der Waals surface area contributed by atoms with Gasteiger partial charge in [-0.05, 0) is 32.4 Å². The highest BCUT2D eigenvalue weighted by Gasteiger charge is 2.11. The molecule has 0 radical (unpaired) electrons. The Bertz CT molecular complexity index is 403. The normalized spacial score (nSPS) is 16.9. The summed E-state index contributed by atoms with van der Waals surface area (Å²) in [5.74, 6) is 0.904. The molecule has 1 aliphatic heterocycles. The number of rotatable bonds is 6. The topological polar surface area (TPSA) is 41.1 Å². The number of anilines is 1. The zero-order chi connectivity index (χ0) is 14.2. The summed E-state index contributed by atoms with van der Waals surface area (Å²) in [4.78, 5) is 11.0. The van der Waals surface area contributed by atoms with E-state index in [-0.39, 0.29) is 0 Å². The van der Waals surface area contributed by atoms with Gasteiger partial charge in [-0.25, -0.2) is 9.97 Å². The van der Waals surface area contributed by atoms with E-state index >= 15 is 0 Å². The van der Waals surface area contributed by atoms with Crippen molar-refractivity contribution in [1.29, 1.82) is 0 Å². The average Bonchev–Trinajstić information content (AvgIpc) is 2.71. The van der Waals surface area contributed by atoms with E-state index in [0.29, 0.717) is 5.15 Å². The number of nitrogens with one attached hydrogen (secondary N) is 1. The van der Waals surface area contributed by atoms with E-state index in [4.69, 9.17) is 11.6 Å². The molecule has 0 aliphatic carbocycles. The Balaban J connectivity index is 1.85. The quantitative estimate of drug-likeness (QED) is 0.817. The summed E-state index contributed by atoms with van der Waals surface area (Å²) in [7, 11) is 0. The van der Waals surface area contributed by atoms with Gasteiger partial charge in [-0.3, -0.25) is 0 Å². The maximum Gasteiger partial charge on any atom is 0.137 e. The lowest BCUT2D eigenvalue weighted by molar-refractivity contribution is 0.296. The van der Waals surface area contributed by atoms with E-state index in [1.54, 1.807) is 0 Å². The Kier molecular flexibility index (Phi) is 6.54. The van der Waals surface area contributed by atoms with Crippen molar-refractivity contribution in [2.45, 2.75) is 45.4 Å². The monoisotopic (exact) mass is 296 g/mol. The SMILES string of the molecule is CCCc1c(Cl)ncnc1NCCN1CCCCCC1. The summed E-state index contributed by atoms with van der Waals surface area (Å²) in [6.07, 6.45) is 8.94. The second kappa shape index (κ2) is 8.42. The van der Waals surface area contributed by atoms with Gasteiger partial charge >= 0.3 is 0 Å². The molecule has 0 spiro atoms. The van der Waals surface area contributed by atoms with Crippen molar-refractivity contribution in [3.8, 4) is 0 Å². The van der Waals surface area contributed by atoms with Crippen LogP contribution in [0.25, 0.3) is 0 Å². The molecule has 0 amide bonds. The molecule has 0 aromatic carbocycles. The van der Waals surface area contributed by atoms with E-state index in [1.165, 1.54) is 45.1 Å². The molecule has 4 nitrogen and oxygen atoms in total. The first kappa shape index (κ1) is 15.5. The second-order valence-corrected chi connectivity index (χ2v) is 5.78. The Labute approximate surface area is 126 Å². The maximum atomic E-state index is 6.16. The van der Waals surface area contributed by atoms with E-state index in [0.717, 1.165) is 37.3 Å². The summed E-state index contributed by atoms with van der Waals surface area (Å²) in [5.41, 5.74) is 1.05. The van der Waals surface area contributed by atoms with Crippen LogP contribution in [0.15, 0.2) is 6.33 Å². The Morgan fingerprint density at radius 2 is 1.95 bits per heavy atom. The summed E-state index contributed by atoms with van der Waals surface area (Å²) in [6, 6.07) is 0. The van der Waals surface area contributed by atoms with Crippen LogP contribution in [-0.2, 0) is 6.42 Å². The van der Waals surface area contributed by atoms with Gasteiger partial charge in [-0.1, -0.05) is 37.8 Å². The molecule has 1 fully saturated rings. The fraction of sp³-hybridized carbons (Fsp3) is 0.733. The van der Waals surface area contributed by atoms with E-state index < -0.39 is 0 Å². The minimum absolute atomic E-state index is 0.583. The minimum Gasteiger partial charge on any atom is -0.368 e. The highest BCUT2D eigenvalue weighted by molar-refractivity contribution is 6.30. The Morgan fingerprint density at radius 3 is 2.65 bits per heavy atom. The van der Waals surface area contributed by atoms with E-state index in [2.05, 4.69) is 27.1 Å². The second-order valence-electron chi connectivity index (χ2n) is 5.42. The molecule has 1 aliphatic rings. The molecule has 1 N–H and O–H groups in total. The third kappa shape index (κ3) is 4.60. The van der Waals surface area contributed by atoms with E-state index in [9.17, 15) is 0 Å². The van der Waals surface area contributed by atoms with Crippen molar-refractivity contribution in [2.75, 3.05) is 31.5 Å². The third-order valence-electron chi connectivity index (χ3n) is 3.81. The highest BCUT2D eigenvalue weighted by Crippen LogP contribution is 2.21. The fourth-order valence-electron chi connectivity index (χ4n) is 2.71. The predicted molar refractivity (Wildman–Crippen MR) is 84.4 cm³/mol. The van der Waals surface area contributed by atoms with Crippen LogP contribution in [0.2, 0.25) is 5.15 Å². The molecule has 2 heterocycles. The van der Waals surface area contributed by atoms with Crippen LogP contribution in [0, 0.1) is 0 Å². The van der Waals surface area contributed by atoms with Crippen molar-refractivity contribution in [1.82, 2.24) is 14.9 Å². The van der Waals surface area contributed by atoms with Gasteiger partial charge in [0.25, 0.3) is 0 Å². The van der Waals surface area contributed by atoms with Gasteiger partial charge in [0.2, 0.25) is 0 Å². The predicted octanol–water partition coefficient (Wildman–Crippen LogP) is 3.37. The number of aromatic nitrogens is 2. The first-order valence-electron chi connectivity index (χ1n) is 7.77. The van der Waals surface area contributed by atoms with Crippen molar-refractivity contribution >= 4 is 17.4 Å². The molecular formula is C15H25ClN4. The molecule has 1 aromatic rings. The lowest BCUT2D eigenvalue weighted by Crippen LogP contribution is -2.30. The molecule has 0 atom stereocenters. The van der Waals surface area contributed by atoms with Crippen molar-refractivity contribution in [2.24, 2.45) is 0 Å². The van der Waals surface area contributed by atoms with Gasteiger partial charge in [0.05, 0.1) is 0 Å². The molecule has 2 rings (SSSR count). The van der Waals surface area contributed by atoms with Gasteiger partial charge in [0, 0.05) is 18.7 Å². The van der Waals surface area contributed by atoms with Crippen molar-refractivity contribution < 1.29 is 0 Å². The van der Waals surface area contributed by atoms with Crippen LogP contribution in [0.3, 0.4) is 0 Å². The van der Waals surface area contributed by atoms with Crippen molar-refractivity contribution in [3.63, 3.8) is 0 Å². The first-order valence-corrected chi connectivity index (χ1v) is 8.14. The standard InChI is InChI=1S/C15H25ClN4/c1-2-7-13-14(16)18-12-19-15(13)17-8-11-20-9-5-3-4-6-10-20/h12H,2-11H2,1H3,(H,17,18,19). The molecule has 20 heavy (non-hydrogen) atoms. The van der Waals surface area contributed by atoms with Crippen LogP contribution in [0.1, 0.15) is 44.6 Å². The van der Waals surface area contributed by atoms with Gasteiger partial charge in [0.15, 0.2) is 0 Å².